The molecule has 0 bridgehead atoms. The van der Waals surface area contributed by atoms with Gasteiger partial charge in [-0.05, 0) is 12.8 Å². The van der Waals surface area contributed by atoms with Crippen LogP contribution in [0.5, 0.6) is 0 Å². The number of hydrogen-bond acceptors (Lipinski definition) is 3. The lowest BCUT2D eigenvalue weighted by Gasteiger charge is -2.39. The molecule has 0 spiro atoms. The second-order valence-corrected chi connectivity index (χ2v) is 4.17. The summed E-state index contributed by atoms with van der Waals surface area (Å²) < 4.78 is 11.0. The zero-order valence-electron chi connectivity index (χ0n) is 7.81. The maximum absolute atomic E-state index is 11.3. The fourth-order valence-corrected chi connectivity index (χ4v) is 2.73. The van der Waals surface area contributed by atoms with Crippen LogP contribution in [-0.4, -0.2) is 24.2 Å². The number of carbonyl (C=O) groups is 1. The van der Waals surface area contributed by atoms with Crippen molar-refractivity contribution >= 4 is 5.91 Å². The highest BCUT2D eigenvalue weighted by molar-refractivity contribution is 5.79. The molecular formula is C10H13NO3. The van der Waals surface area contributed by atoms with Crippen LogP contribution < -0.4 is 5.32 Å². The molecule has 0 aromatic rings. The molecule has 2 aliphatic heterocycles. The molecule has 1 N–H and O–H groups in total. The Morgan fingerprint density at radius 1 is 1.29 bits per heavy atom. The predicted octanol–water partition coefficient (Wildman–Crippen LogP) is 0.540. The van der Waals surface area contributed by atoms with Crippen LogP contribution >= 0.6 is 0 Å². The summed E-state index contributed by atoms with van der Waals surface area (Å²) in [6, 6.07) is 0.304. The Labute approximate surface area is 82.3 Å². The molecule has 4 heteroatoms. The van der Waals surface area contributed by atoms with Gasteiger partial charge in [-0.15, -0.1) is 0 Å². The van der Waals surface area contributed by atoms with Gasteiger partial charge in [-0.3, -0.25) is 4.79 Å². The Morgan fingerprint density at radius 3 is 3.07 bits per heavy atom. The first kappa shape index (κ1) is 8.15. The van der Waals surface area contributed by atoms with E-state index in [1.54, 1.807) is 12.5 Å². The first-order chi connectivity index (χ1) is 6.84. The van der Waals surface area contributed by atoms with Gasteiger partial charge in [0.15, 0.2) is 0 Å². The lowest BCUT2D eigenvalue weighted by Crippen LogP contribution is -2.48. The van der Waals surface area contributed by atoms with Gasteiger partial charge in [0.2, 0.25) is 5.91 Å². The van der Waals surface area contributed by atoms with Crippen molar-refractivity contribution in [3.8, 4) is 0 Å². The molecule has 76 valence electrons. The first-order valence-electron chi connectivity index (χ1n) is 5.10. The summed E-state index contributed by atoms with van der Waals surface area (Å²) in [5.41, 5.74) is 0. The topological polar surface area (TPSA) is 47.6 Å². The van der Waals surface area contributed by atoms with Crippen LogP contribution in [0.2, 0.25) is 0 Å². The van der Waals surface area contributed by atoms with E-state index in [4.69, 9.17) is 9.47 Å². The summed E-state index contributed by atoms with van der Waals surface area (Å²) >= 11 is 0. The largest absolute Gasteiger partial charge is 0.491 e. The molecule has 1 amide bonds. The second-order valence-electron chi connectivity index (χ2n) is 4.17. The Balaban J connectivity index is 1.83. The Kier molecular flexibility index (Phi) is 1.69. The van der Waals surface area contributed by atoms with E-state index in [-0.39, 0.29) is 18.1 Å². The lowest BCUT2D eigenvalue weighted by atomic mass is 9.80. The highest BCUT2D eigenvalue weighted by Gasteiger charge is 2.47. The highest BCUT2D eigenvalue weighted by Crippen LogP contribution is 2.36. The summed E-state index contributed by atoms with van der Waals surface area (Å²) in [7, 11) is 0. The van der Waals surface area contributed by atoms with Crippen molar-refractivity contribution in [3.63, 3.8) is 0 Å². The van der Waals surface area contributed by atoms with Crippen molar-refractivity contribution in [1.29, 1.82) is 0 Å². The van der Waals surface area contributed by atoms with E-state index in [9.17, 15) is 4.79 Å². The molecule has 2 heterocycles. The van der Waals surface area contributed by atoms with E-state index in [0.29, 0.717) is 18.4 Å². The zero-order valence-corrected chi connectivity index (χ0v) is 7.81. The fraction of sp³-hybridized carbons (Fsp3) is 0.700. The molecule has 0 radical (unpaired) electrons. The van der Waals surface area contributed by atoms with Gasteiger partial charge in [-0.2, -0.15) is 0 Å². The van der Waals surface area contributed by atoms with Crippen LogP contribution in [0.4, 0.5) is 0 Å². The van der Waals surface area contributed by atoms with E-state index in [1.807, 2.05) is 0 Å². The molecule has 1 aliphatic carbocycles. The van der Waals surface area contributed by atoms with Gasteiger partial charge in [0, 0.05) is 18.4 Å². The van der Waals surface area contributed by atoms with Gasteiger partial charge >= 0.3 is 0 Å². The summed E-state index contributed by atoms with van der Waals surface area (Å²) in [6.45, 7) is 0. The van der Waals surface area contributed by atoms with E-state index in [0.717, 1.165) is 12.8 Å². The Hall–Kier alpha value is -1.19. The van der Waals surface area contributed by atoms with Crippen LogP contribution in [0.15, 0.2) is 12.5 Å². The third kappa shape index (κ3) is 1.10. The number of rotatable bonds is 0. The smallest absolute Gasteiger partial charge is 0.220 e. The van der Waals surface area contributed by atoms with E-state index in [1.165, 1.54) is 0 Å². The van der Waals surface area contributed by atoms with E-state index >= 15 is 0 Å². The SMILES string of the molecule is O=C1CC2C(CCC3OC=COC32)N1. The normalized spacial score (nSPS) is 44.4. The third-order valence-corrected chi connectivity index (χ3v) is 3.38. The van der Waals surface area contributed by atoms with Gasteiger partial charge in [-0.25, -0.2) is 0 Å². The highest BCUT2D eigenvalue weighted by atomic mass is 16.6. The molecule has 4 atom stereocenters. The number of ether oxygens (including phenoxy) is 2. The Morgan fingerprint density at radius 2 is 2.14 bits per heavy atom. The monoisotopic (exact) mass is 195 g/mol. The van der Waals surface area contributed by atoms with Gasteiger partial charge in [-0.1, -0.05) is 0 Å². The van der Waals surface area contributed by atoms with Crippen LogP contribution in [0, 0.1) is 5.92 Å². The molecule has 2 fully saturated rings. The molecule has 14 heavy (non-hydrogen) atoms. The number of nitrogens with one attached hydrogen (secondary N) is 1. The maximum Gasteiger partial charge on any atom is 0.220 e. The number of fused-ring (bicyclic) bond motifs is 3. The minimum absolute atomic E-state index is 0.0673. The predicted molar refractivity (Wildman–Crippen MR) is 48.2 cm³/mol. The van der Waals surface area contributed by atoms with Crippen molar-refractivity contribution in [3.05, 3.63) is 12.5 Å². The summed E-state index contributed by atoms with van der Waals surface area (Å²) in [4.78, 5) is 11.3. The zero-order chi connectivity index (χ0) is 9.54. The summed E-state index contributed by atoms with van der Waals surface area (Å²) in [6.07, 6.45) is 5.97. The minimum atomic E-state index is 0.0673. The number of amides is 1. The molecule has 0 aromatic carbocycles. The average Bonchev–Trinajstić information content (AvgIpc) is 2.59. The molecule has 4 unspecified atom stereocenters. The molecule has 0 aromatic heterocycles. The summed E-state index contributed by atoms with van der Waals surface area (Å²) in [5, 5.41) is 2.99. The van der Waals surface area contributed by atoms with Crippen LogP contribution in [0.1, 0.15) is 19.3 Å². The molecule has 1 saturated heterocycles. The van der Waals surface area contributed by atoms with E-state index < -0.39 is 0 Å². The van der Waals surface area contributed by atoms with Gasteiger partial charge < -0.3 is 14.8 Å². The first-order valence-corrected chi connectivity index (χ1v) is 5.10. The van der Waals surface area contributed by atoms with Crippen molar-refractivity contribution in [2.24, 2.45) is 5.92 Å². The minimum Gasteiger partial charge on any atom is -0.491 e. The quantitative estimate of drug-likeness (QED) is 0.613. The molecule has 3 aliphatic rings. The van der Waals surface area contributed by atoms with Crippen molar-refractivity contribution in [2.75, 3.05) is 0 Å². The number of carbonyl (C=O) groups excluding carboxylic acids is 1. The molecule has 3 rings (SSSR count). The van der Waals surface area contributed by atoms with E-state index in [2.05, 4.69) is 5.32 Å². The lowest BCUT2D eigenvalue weighted by molar-refractivity contribution is -0.120. The summed E-state index contributed by atoms with van der Waals surface area (Å²) in [5.74, 6) is 0.449. The fourth-order valence-electron chi connectivity index (χ4n) is 2.73. The standard InChI is InChI=1S/C10H13NO3/c12-9-5-6-7(11-9)1-2-8-10(6)14-4-3-13-8/h3-4,6-8,10H,1-2,5H2,(H,11,12). The molecule has 4 nitrogen and oxygen atoms in total. The van der Waals surface area contributed by atoms with Crippen LogP contribution in [-0.2, 0) is 14.3 Å². The van der Waals surface area contributed by atoms with Gasteiger partial charge in [0.05, 0.1) is 0 Å². The van der Waals surface area contributed by atoms with Crippen LogP contribution in [0.25, 0.3) is 0 Å². The molecule has 1 saturated carbocycles. The number of hydrogen-bond donors (Lipinski definition) is 1. The third-order valence-electron chi connectivity index (χ3n) is 3.38. The van der Waals surface area contributed by atoms with Gasteiger partial charge in [0.1, 0.15) is 24.7 Å². The Bertz CT molecular complexity index is 283. The molecular weight excluding hydrogens is 182 g/mol. The van der Waals surface area contributed by atoms with Crippen LogP contribution in [0.3, 0.4) is 0 Å². The maximum atomic E-state index is 11.3. The average molecular weight is 195 g/mol. The van der Waals surface area contributed by atoms with Crippen molar-refractivity contribution < 1.29 is 14.3 Å². The second kappa shape index (κ2) is 2.90. The van der Waals surface area contributed by atoms with Gasteiger partial charge in [0.25, 0.3) is 0 Å². The van der Waals surface area contributed by atoms with Crippen molar-refractivity contribution in [2.45, 2.75) is 37.5 Å². The van der Waals surface area contributed by atoms with Crippen molar-refractivity contribution in [1.82, 2.24) is 5.32 Å².